The first-order chi connectivity index (χ1) is 12.0. The molecule has 7 heteroatoms. The number of rotatable bonds is 5. The van der Waals surface area contributed by atoms with Crippen molar-refractivity contribution < 1.29 is 19.5 Å². The molecule has 3 rings (SSSR count). The van der Waals surface area contributed by atoms with Crippen LogP contribution in [0.15, 0.2) is 41.8 Å². The van der Waals surface area contributed by atoms with E-state index in [0.29, 0.717) is 35.5 Å². The molecule has 3 N–H and O–H groups in total. The lowest BCUT2D eigenvalue weighted by atomic mass is 10.0. The maximum absolute atomic E-state index is 12.3. The number of thiophene rings is 1. The Hall–Kier alpha value is -2.67. The van der Waals surface area contributed by atoms with Gasteiger partial charge < -0.3 is 15.7 Å². The molecule has 1 aliphatic rings. The van der Waals surface area contributed by atoms with Crippen LogP contribution in [0, 0.1) is 11.8 Å². The quantitative estimate of drug-likeness (QED) is 0.763. The van der Waals surface area contributed by atoms with Gasteiger partial charge in [0.25, 0.3) is 5.91 Å². The fraction of sp³-hybridized carbons (Fsp3) is 0.278. The van der Waals surface area contributed by atoms with E-state index in [1.807, 2.05) is 11.4 Å². The number of nitrogens with one attached hydrogen (secondary N) is 2. The molecule has 130 valence electrons. The van der Waals surface area contributed by atoms with Gasteiger partial charge >= 0.3 is 5.97 Å². The summed E-state index contributed by atoms with van der Waals surface area (Å²) in [7, 11) is 0. The van der Waals surface area contributed by atoms with Crippen molar-refractivity contribution in [1.29, 1.82) is 0 Å². The number of hydrogen-bond acceptors (Lipinski definition) is 4. The molecule has 2 atom stereocenters. The summed E-state index contributed by atoms with van der Waals surface area (Å²) in [5.41, 5.74) is 1.17. The van der Waals surface area contributed by atoms with Gasteiger partial charge in [-0.1, -0.05) is 12.1 Å². The molecule has 0 saturated heterocycles. The van der Waals surface area contributed by atoms with Crippen molar-refractivity contribution in [3.8, 4) is 0 Å². The molecule has 0 aliphatic heterocycles. The maximum atomic E-state index is 12.3. The molecular formula is C18H18N2O4S. The molecule has 1 aliphatic carbocycles. The van der Waals surface area contributed by atoms with E-state index >= 15 is 0 Å². The van der Waals surface area contributed by atoms with Gasteiger partial charge in [0.2, 0.25) is 5.91 Å². The lowest BCUT2D eigenvalue weighted by Crippen LogP contribution is -2.21. The van der Waals surface area contributed by atoms with Crippen LogP contribution in [-0.2, 0) is 9.59 Å². The number of anilines is 2. The Morgan fingerprint density at radius 2 is 1.72 bits per heavy atom. The third-order valence-electron chi connectivity index (χ3n) is 4.29. The summed E-state index contributed by atoms with van der Waals surface area (Å²) < 4.78 is 0. The van der Waals surface area contributed by atoms with Crippen molar-refractivity contribution in [3.05, 3.63) is 46.7 Å². The van der Waals surface area contributed by atoms with E-state index in [0.717, 1.165) is 0 Å². The molecular weight excluding hydrogens is 340 g/mol. The molecule has 0 radical (unpaired) electrons. The largest absolute Gasteiger partial charge is 0.481 e. The Morgan fingerprint density at radius 3 is 2.36 bits per heavy atom. The van der Waals surface area contributed by atoms with Crippen LogP contribution >= 0.6 is 11.3 Å². The third kappa shape index (κ3) is 4.24. The monoisotopic (exact) mass is 358 g/mol. The molecule has 0 spiro atoms. The van der Waals surface area contributed by atoms with E-state index in [2.05, 4.69) is 10.6 Å². The first-order valence-corrected chi connectivity index (χ1v) is 8.89. The van der Waals surface area contributed by atoms with Crippen molar-refractivity contribution in [3.63, 3.8) is 0 Å². The average molecular weight is 358 g/mol. The maximum Gasteiger partial charge on any atom is 0.306 e. The predicted octanol–water partition coefficient (Wildman–Crippen LogP) is 3.44. The number of benzene rings is 1. The number of amides is 2. The molecule has 6 nitrogen and oxygen atoms in total. The molecule has 2 amide bonds. The van der Waals surface area contributed by atoms with Crippen LogP contribution in [0.25, 0.3) is 0 Å². The highest BCUT2D eigenvalue weighted by Crippen LogP contribution is 2.32. The molecule has 25 heavy (non-hydrogen) atoms. The smallest absolute Gasteiger partial charge is 0.306 e. The summed E-state index contributed by atoms with van der Waals surface area (Å²) in [5, 5.41) is 16.5. The van der Waals surface area contributed by atoms with Crippen LogP contribution in [-0.4, -0.2) is 22.9 Å². The second-order valence-electron chi connectivity index (χ2n) is 6.05. The minimum atomic E-state index is -0.839. The number of carbonyl (C=O) groups excluding carboxylic acids is 2. The first kappa shape index (κ1) is 17.2. The molecule has 0 bridgehead atoms. The van der Waals surface area contributed by atoms with Gasteiger partial charge in [0, 0.05) is 17.3 Å². The fourth-order valence-electron chi connectivity index (χ4n) is 2.96. The van der Waals surface area contributed by atoms with Gasteiger partial charge in [-0.3, -0.25) is 14.4 Å². The van der Waals surface area contributed by atoms with E-state index in [1.54, 1.807) is 30.3 Å². The summed E-state index contributed by atoms with van der Waals surface area (Å²) in [6, 6.07) is 10.5. The highest BCUT2D eigenvalue weighted by molar-refractivity contribution is 7.12. The van der Waals surface area contributed by atoms with E-state index in [9.17, 15) is 14.4 Å². The molecule has 0 unspecified atom stereocenters. The van der Waals surface area contributed by atoms with E-state index in [1.165, 1.54) is 11.3 Å². The predicted molar refractivity (Wildman–Crippen MR) is 95.8 cm³/mol. The summed E-state index contributed by atoms with van der Waals surface area (Å²) in [5.74, 6) is -1.93. The second kappa shape index (κ2) is 7.48. The summed E-state index contributed by atoms with van der Waals surface area (Å²) in [6.45, 7) is 0. The minimum absolute atomic E-state index is 0.175. The molecule has 1 heterocycles. The van der Waals surface area contributed by atoms with Gasteiger partial charge in [-0.2, -0.15) is 0 Å². The number of hydrogen-bond donors (Lipinski definition) is 3. The van der Waals surface area contributed by atoms with Crippen LogP contribution in [0.2, 0.25) is 0 Å². The highest BCUT2D eigenvalue weighted by Gasteiger charge is 2.33. The molecule has 2 aromatic rings. The van der Waals surface area contributed by atoms with E-state index in [-0.39, 0.29) is 17.7 Å². The van der Waals surface area contributed by atoms with Gasteiger partial charge in [-0.25, -0.2) is 0 Å². The van der Waals surface area contributed by atoms with Crippen LogP contribution in [0.1, 0.15) is 28.9 Å². The van der Waals surface area contributed by atoms with Crippen LogP contribution in [0.4, 0.5) is 11.4 Å². The summed E-state index contributed by atoms with van der Waals surface area (Å²) >= 11 is 1.35. The van der Waals surface area contributed by atoms with Crippen LogP contribution in [0.5, 0.6) is 0 Å². The summed E-state index contributed by atoms with van der Waals surface area (Å²) in [6.07, 6.45) is 1.48. The lowest BCUT2D eigenvalue weighted by Gasteiger charge is -2.12. The third-order valence-corrected chi connectivity index (χ3v) is 5.15. The van der Waals surface area contributed by atoms with Gasteiger partial charge in [-0.05, 0) is 48.9 Å². The van der Waals surface area contributed by atoms with E-state index < -0.39 is 11.9 Å². The van der Waals surface area contributed by atoms with Gasteiger partial charge in [0.1, 0.15) is 0 Å². The molecule has 1 fully saturated rings. The number of aliphatic carboxylic acids is 1. The van der Waals surface area contributed by atoms with E-state index in [4.69, 9.17) is 5.11 Å². The zero-order valence-corrected chi connectivity index (χ0v) is 14.2. The average Bonchev–Trinajstić information content (AvgIpc) is 3.27. The second-order valence-corrected chi connectivity index (χ2v) is 6.99. The van der Waals surface area contributed by atoms with Gasteiger partial charge in [-0.15, -0.1) is 11.3 Å². The molecule has 1 saturated carbocycles. The number of carbonyl (C=O) groups is 3. The zero-order chi connectivity index (χ0) is 17.8. The Balaban J connectivity index is 1.61. The zero-order valence-electron chi connectivity index (χ0n) is 13.4. The highest BCUT2D eigenvalue weighted by atomic mass is 32.1. The standard InChI is InChI=1S/C18H18N2O4S/c21-16(11-6-7-12(9-11)18(23)24)19-13-3-1-4-14(10-13)20-17(22)15-5-2-8-25-15/h1-5,8,10-12H,6-7,9H2,(H,19,21)(H,20,22)(H,23,24)/t11-,12+/m0/s1. The minimum Gasteiger partial charge on any atom is -0.481 e. The van der Waals surface area contributed by atoms with Crippen molar-refractivity contribution >= 4 is 40.5 Å². The van der Waals surface area contributed by atoms with Crippen molar-refractivity contribution in [2.45, 2.75) is 19.3 Å². The number of carboxylic acid groups (broad SMARTS) is 1. The normalized spacial score (nSPS) is 19.4. The Labute approximate surface area is 148 Å². The Kier molecular flexibility index (Phi) is 5.14. The first-order valence-electron chi connectivity index (χ1n) is 8.01. The van der Waals surface area contributed by atoms with Crippen LogP contribution in [0.3, 0.4) is 0 Å². The van der Waals surface area contributed by atoms with Gasteiger partial charge in [0.05, 0.1) is 10.8 Å². The van der Waals surface area contributed by atoms with Crippen molar-refractivity contribution in [2.75, 3.05) is 10.6 Å². The van der Waals surface area contributed by atoms with Gasteiger partial charge in [0.15, 0.2) is 0 Å². The SMILES string of the molecule is O=C(Nc1cccc(NC(=O)[C@H]2CC[C@@H](C(=O)O)C2)c1)c1cccs1. The fourth-order valence-corrected chi connectivity index (χ4v) is 3.58. The van der Waals surface area contributed by atoms with Crippen LogP contribution < -0.4 is 10.6 Å². The van der Waals surface area contributed by atoms with Crippen molar-refractivity contribution in [2.24, 2.45) is 11.8 Å². The van der Waals surface area contributed by atoms with Crippen molar-refractivity contribution in [1.82, 2.24) is 0 Å². The number of carboxylic acids is 1. The lowest BCUT2D eigenvalue weighted by molar-refractivity contribution is -0.141. The Morgan fingerprint density at radius 1 is 1.00 bits per heavy atom. The summed E-state index contributed by atoms with van der Waals surface area (Å²) in [4.78, 5) is 36.0. The Bertz CT molecular complexity index is 788. The molecule has 1 aromatic carbocycles. The molecule has 1 aromatic heterocycles. The topological polar surface area (TPSA) is 95.5 Å².